The lowest BCUT2D eigenvalue weighted by Gasteiger charge is -2.36. The fraction of sp³-hybridized carbons (Fsp3) is 0.238. The summed E-state index contributed by atoms with van der Waals surface area (Å²) in [7, 11) is 0. The zero-order chi connectivity index (χ0) is 19.3. The maximum atomic E-state index is 12.5. The number of carbonyl (C=O) groups excluding carboxylic acids is 1. The number of piperazine rings is 1. The highest BCUT2D eigenvalue weighted by atomic mass is 16.3. The Morgan fingerprint density at radius 3 is 2.46 bits per heavy atom. The lowest BCUT2D eigenvalue weighted by atomic mass is 10.2. The second-order valence-corrected chi connectivity index (χ2v) is 6.75. The van der Waals surface area contributed by atoms with E-state index >= 15 is 0 Å². The van der Waals surface area contributed by atoms with Crippen LogP contribution in [0, 0.1) is 0 Å². The normalized spacial score (nSPS) is 14.1. The van der Waals surface area contributed by atoms with Crippen molar-refractivity contribution < 1.29 is 9.90 Å². The van der Waals surface area contributed by atoms with E-state index in [-0.39, 0.29) is 11.8 Å². The maximum absolute atomic E-state index is 12.5. The van der Waals surface area contributed by atoms with Crippen LogP contribution in [0.1, 0.15) is 5.56 Å². The lowest BCUT2D eigenvalue weighted by Crippen LogP contribution is -2.51. The van der Waals surface area contributed by atoms with Gasteiger partial charge >= 0.3 is 6.03 Å². The molecule has 3 aromatic rings. The van der Waals surface area contributed by atoms with E-state index in [1.54, 1.807) is 21.8 Å². The van der Waals surface area contributed by atoms with Crippen LogP contribution in [0.2, 0.25) is 0 Å². The smallest absolute Gasteiger partial charge is 0.317 e. The van der Waals surface area contributed by atoms with Crippen molar-refractivity contribution in [1.82, 2.24) is 20.0 Å². The number of phenols is 1. The summed E-state index contributed by atoms with van der Waals surface area (Å²) in [5.74, 6) is 0.274. The molecule has 7 nitrogen and oxygen atoms in total. The van der Waals surface area contributed by atoms with Gasteiger partial charge in [0.05, 0.1) is 17.6 Å². The third kappa shape index (κ3) is 3.93. The number of rotatable bonds is 4. The molecule has 2 heterocycles. The van der Waals surface area contributed by atoms with Gasteiger partial charge in [-0.2, -0.15) is 5.10 Å². The van der Waals surface area contributed by atoms with Crippen LogP contribution in [-0.2, 0) is 6.54 Å². The van der Waals surface area contributed by atoms with Crippen LogP contribution < -0.4 is 10.2 Å². The maximum Gasteiger partial charge on any atom is 0.317 e. The summed E-state index contributed by atoms with van der Waals surface area (Å²) in [6.45, 7) is 3.05. The van der Waals surface area contributed by atoms with Gasteiger partial charge in [0.25, 0.3) is 0 Å². The van der Waals surface area contributed by atoms with Crippen molar-refractivity contribution in [3.05, 3.63) is 72.6 Å². The molecular weight excluding hydrogens is 354 g/mol. The molecule has 1 aromatic heterocycles. The standard InChI is InChI=1S/C21H23N5O2/c27-20-9-5-4-8-19(20)24-10-12-25(13-11-24)21(28)22-14-17-15-23-26(16-17)18-6-2-1-3-7-18/h1-9,15-16,27H,10-14H2,(H,22,28). The van der Waals surface area contributed by atoms with Gasteiger partial charge in [-0.25, -0.2) is 9.48 Å². The summed E-state index contributed by atoms with van der Waals surface area (Å²) in [6, 6.07) is 17.1. The van der Waals surface area contributed by atoms with Gasteiger partial charge in [0.2, 0.25) is 0 Å². The average Bonchev–Trinajstić information content (AvgIpc) is 3.22. The van der Waals surface area contributed by atoms with Crippen molar-refractivity contribution >= 4 is 11.7 Å². The molecule has 1 aliphatic rings. The molecule has 1 saturated heterocycles. The molecule has 0 unspecified atom stereocenters. The van der Waals surface area contributed by atoms with Crippen molar-refractivity contribution in [3.8, 4) is 11.4 Å². The number of benzene rings is 2. The molecule has 1 fully saturated rings. The van der Waals surface area contributed by atoms with Crippen LogP contribution >= 0.6 is 0 Å². The number of aromatic hydroxyl groups is 1. The molecule has 144 valence electrons. The molecule has 28 heavy (non-hydrogen) atoms. The fourth-order valence-electron chi connectivity index (χ4n) is 3.34. The van der Waals surface area contributed by atoms with Gasteiger partial charge in [0.15, 0.2) is 0 Å². The average molecular weight is 377 g/mol. The monoisotopic (exact) mass is 377 g/mol. The van der Waals surface area contributed by atoms with E-state index in [1.165, 1.54) is 0 Å². The van der Waals surface area contributed by atoms with Gasteiger partial charge in [0.1, 0.15) is 5.75 Å². The molecule has 1 aliphatic heterocycles. The summed E-state index contributed by atoms with van der Waals surface area (Å²) < 4.78 is 1.80. The Kier molecular flexibility index (Phi) is 5.14. The quantitative estimate of drug-likeness (QED) is 0.733. The van der Waals surface area contributed by atoms with E-state index in [4.69, 9.17) is 0 Å². The van der Waals surface area contributed by atoms with E-state index in [0.717, 1.165) is 16.9 Å². The molecule has 2 N–H and O–H groups in total. The van der Waals surface area contributed by atoms with Crippen LogP contribution in [0.4, 0.5) is 10.5 Å². The first-order valence-electron chi connectivity index (χ1n) is 9.35. The molecule has 7 heteroatoms. The predicted molar refractivity (Wildman–Crippen MR) is 108 cm³/mol. The summed E-state index contributed by atoms with van der Waals surface area (Å²) in [5.41, 5.74) is 2.75. The molecule has 2 aromatic carbocycles. The highest BCUT2D eigenvalue weighted by Crippen LogP contribution is 2.27. The van der Waals surface area contributed by atoms with E-state index in [1.807, 2.05) is 54.7 Å². The fourth-order valence-corrected chi connectivity index (χ4v) is 3.34. The Labute approximate surface area is 163 Å². The van der Waals surface area contributed by atoms with Crippen molar-refractivity contribution in [2.75, 3.05) is 31.1 Å². The number of hydrogen-bond donors (Lipinski definition) is 2. The molecule has 4 rings (SSSR count). The van der Waals surface area contributed by atoms with Gasteiger partial charge in [0, 0.05) is 44.5 Å². The van der Waals surface area contributed by atoms with Crippen molar-refractivity contribution in [2.45, 2.75) is 6.54 Å². The van der Waals surface area contributed by atoms with E-state index in [0.29, 0.717) is 32.7 Å². The third-order valence-electron chi connectivity index (χ3n) is 4.89. The summed E-state index contributed by atoms with van der Waals surface area (Å²) >= 11 is 0. The summed E-state index contributed by atoms with van der Waals surface area (Å²) in [4.78, 5) is 16.4. The first kappa shape index (κ1) is 17.9. The molecule has 2 amide bonds. The number of carbonyl (C=O) groups is 1. The Morgan fingerprint density at radius 2 is 1.71 bits per heavy atom. The van der Waals surface area contributed by atoms with Gasteiger partial charge in [-0.1, -0.05) is 30.3 Å². The van der Waals surface area contributed by atoms with Crippen LogP contribution in [0.5, 0.6) is 5.75 Å². The number of anilines is 1. The minimum Gasteiger partial charge on any atom is -0.506 e. The molecule has 0 radical (unpaired) electrons. The van der Waals surface area contributed by atoms with Crippen LogP contribution in [-0.4, -0.2) is 52.0 Å². The molecule has 0 saturated carbocycles. The van der Waals surface area contributed by atoms with Crippen LogP contribution in [0.25, 0.3) is 5.69 Å². The van der Waals surface area contributed by atoms with Crippen molar-refractivity contribution in [2.24, 2.45) is 0 Å². The Morgan fingerprint density at radius 1 is 1.00 bits per heavy atom. The molecule has 0 bridgehead atoms. The predicted octanol–water partition coefficient (Wildman–Crippen LogP) is 2.61. The molecule has 0 spiro atoms. The SMILES string of the molecule is O=C(NCc1cnn(-c2ccccc2)c1)N1CCN(c2ccccc2O)CC1. The highest BCUT2D eigenvalue weighted by Gasteiger charge is 2.22. The van der Waals surface area contributed by atoms with Gasteiger partial charge < -0.3 is 20.2 Å². The Bertz CT molecular complexity index is 933. The topological polar surface area (TPSA) is 73.6 Å². The highest BCUT2D eigenvalue weighted by molar-refractivity contribution is 5.74. The lowest BCUT2D eigenvalue weighted by molar-refractivity contribution is 0.194. The van der Waals surface area contributed by atoms with Crippen LogP contribution in [0.15, 0.2) is 67.0 Å². The van der Waals surface area contributed by atoms with E-state index in [9.17, 15) is 9.90 Å². The second-order valence-electron chi connectivity index (χ2n) is 6.75. The Balaban J connectivity index is 1.28. The van der Waals surface area contributed by atoms with Gasteiger partial charge in [-0.15, -0.1) is 0 Å². The first-order chi connectivity index (χ1) is 13.7. The largest absolute Gasteiger partial charge is 0.506 e. The number of aromatic nitrogens is 2. The van der Waals surface area contributed by atoms with Crippen molar-refractivity contribution in [3.63, 3.8) is 0 Å². The number of hydrogen-bond acceptors (Lipinski definition) is 4. The first-order valence-corrected chi connectivity index (χ1v) is 9.35. The zero-order valence-corrected chi connectivity index (χ0v) is 15.5. The second kappa shape index (κ2) is 8.04. The minimum atomic E-state index is -0.0793. The van der Waals surface area contributed by atoms with Gasteiger partial charge in [-0.3, -0.25) is 0 Å². The number of nitrogens with one attached hydrogen (secondary N) is 1. The number of phenolic OH excluding ortho intramolecular Hbond substituents is 1. The number of nitrogens with zero attached hydrogens (tertiary/aromatic N) is 4. The van der Waals surface area contributed by atoms with Crippen molar-refractivity contribution in [1.29, 1.82) is 0 Å². The Hall–Kier alpha value is -3.48. The number of para-hydroxylation sites is 3. The van der Waals surface area contributed by atoms with E-state index in [2.05, 4.69) is 15.3 Å². The zero-order valence-electron chi connectivity index (χ0n) is 15.5. The number of urea groups is 1. The van der Waals surface area contributed by atoms with Crippen LogP contribution in [0.3, 0.4) is 0 Å². The van der Waals surface area contributed by atoms with Gasteiger partial charge in [-0.05, 0) is 24.3 Å². The number of amides is 2. The van der Waals surface area contributed by atoms with E-state index < -0.39 is 0 Å². The summed E-state index contributed by atoms with van der Waals surface area (Å²) in [6.07, 6.45) is 3.69. The minimum absolute atomic E-state index is 0.0793. The molecule has 0 atom stereocenters. The summed E-state index contributed by atoms with van der Waals surface area (Å²) in [5, 5.41) is 17.3. The molecule has 0 aliphatic carbocycles. The third-order valence-corrected chi connectivity index (χ3v) is 4.89. The molecular formula is C21H23N5O2.